The van der Waals surface area contributed by atoms with Crippen LogP contribution in [0.2, 0.25) is 0 Å². The van der Waals surface area contributed by atoms with E-state index in [4.69, 9.17) is 9.84 Å². The summed E-state index contributed by atoms with van der Waals surface area (Å²) in [5.74, 6) is 0. The topological polar surface area (TPSA) is 105 Å². The summed E-state index contributed by atoms with van der Waals surface area (Å²) in [5, 5.41) is 18.3. The number of H-pyrrole nitrogens is 1. The Bertz CT molecular complexity index is 559. The van der Waals surface area contributed by atoms with Crippen LogP contribution in [-0.2, 0) is 4.74 Å². The van der Waals surface area contributed by atoms with Gasteiger partial charge in [0.05, 0.1) is 11.1 Å². The van der Waals surface area contributed by atoms with Gasteiger partial charge in [-0.25, -0.2) is 9.18 Å². The molecule has 0 bridgehead atoms. The first-order chi connectivity index (χ1) is 8.45. The molecule has 0 aliphatic carbocycles. The Labute approximate surface area is 108 Å². The minimum absolute atomic E-state index is 0.0276. The lowest BCUT2D eigenvalue weighted by Gasteiger charge is -2.15. The average Bonchev–Trinajstić information content (AvgIpc) is 2.61. The van der Waals surface area contributed by atoms with Crippen LogP contribution in [0.5, 0.6) is 0 Å². The SMILES string of the molecule is O=c1[nH]c(=O)n([C@@H]2O[C@H](CO)[C@@H](O)[C@H]2F)cc1Br. The first kappa shape index (κ1) is 13.4. The third-order valence-corrected chi connectivity index (χ3v) is 3.24. The zero-order valence-electron chi connectivity index (χ0n) is 8.92. The van der Waals surface area contributed by atoms with Crippen LogP contribution in [0, 0.1) is 0 Å². The number of alkyl halides is 1. The van der Waals surface area contributed by atoms with Gasteiger partial charge >= 0.3 is 5.69 Å². The van der Waals surface area contributed by atoms with Crippen molar-refractivity contribution in [2.24, 2.45) is 0 Å². The van der Waals surface area contributed by atoms with Crippen molar-refractivity contribution < 1.29 is 19.3 Å². The van der Waals surface area contributed by atoms with Crippen LogP contribution in [0.15, 0.2) is 20.3 Å². The molecule has 1 aliphatic heterocycles. The summed E-state index contributed by atoms with van der Waals surface area (Å²) < 4.78 is 19.6. The van der Waals surface area contributed by atoms with Crippen LogP contribution in [0.25, 0.3) is 0 Å². The van der Waals surface area contributed by atoms with Crippen molar-refractivity contribution in [3.05, 3.63) is 31.5 Å². The van der Waals surface area contributed by atoms with Crippen molar-refractivity contribution in [3.8, 4) is 0 Å². The third kappa shape index (κ3) is 2.14. The molecule has 4 atom stereocenters. The molecule has 1 fully saturated rings. The normalized spacial score (nSPS) is 31.8. The Morgan fingerprint density at radius 3 is 2.78 bits per heavy atom. The molecule has 2 heterocycles. The number of nitrogens with one attached hydrogen (secondary N) is 1. The van der Waals surface area contributed by atoms with E-state index in [0.717, 1.165) is 10.8 Å². The van der Waals surface area contributed by atoms with Gasteiger partial charge in [-0.1, -0.05) is 0 Å². The van der Waals surface area contributed by atoms with Gasteiger partial charge in [0, 0.05) is 6.20 Å². The molecule has 3 N–H and O–H groups in total. The molecule has 0 saturated carbocycles. The molecule has 9 heteroatoms. The summed E-state index contributed by atoms with van der Waals surface area (Å²) in [4.78, 5) is 24.6. The highest BCUT2D eigenvalue weighted by Gasteiger charge is 2.45. The molecule has 100 valence electrons. The molecule has 0 amide bonds. The largest absolute Gasteiger partial charge is 0.394 e. The Balaban J connectivity index is 2.42. The zero-order chi connectivity index (χ0) is 13.4. The van der Waals surface area contributed by atoms with Gasteiger partial charge in [-0.05, 0) is 15.9 Å². The predicted octanol–water partition coefficient (Wildman–Crippen LogP) is -1.11. The lowest BCUT2D eigenvalue weighted by Crippen LogP contribution is -2.36. The second-order valence-electron chi connectivity index (χ2n) is 3.83. The number of hydrogen-bond donors (Lipinski definition) is 3. The van der Waals surface area contributed by atoms with Crippen LogP contribution in [0.1, 0.15) is 6.23 Å². The fraction of sp³-hybridized carbons (Fsp3) is 0.556. The highest BCUT2D eigenvalue weighted by molar-refractivity contribution is 9.10. The van der Waals surface area contributed by atoms with Gasteiger partial charge in [-0.15, -0.1) is 0 Å². The summed E-state index contributed by atoms with van der Waals surface area (Å²) in [5.41, 5.74) is -1.51. The van der Waals surface area contributed by atoms with Crippen LogP contribution >= 0.6 is 15.9 Å². The van der Waals surface area contributed by atoms with Crippen LogP contribution in [0.3, 0.4) is 0 Å². The lowest BCUT2D eigenvalue weighted by molar-refractivity contribution is -0.0492. The quantitative estimate of drug-likeness (QED) is 0.639. The van der Waals surface area contributed by atoms with Crippen molar-refractivity contribution in [2.75, 3.05) is 6.61 Å². The number of rotatable bonds is 2. The highest BCUT2D eigenvalue weighted by atomic mass is 79.9. The van der Waals surface area contributed by atoms with E-state index < -0.39 is 42.5 Å². The van der Waals surface area contributed by atoms with Gasteiger partial charge in [0.25, 0.3) is 5.56 Å². The fourth-order valence-corrected chi connectivity index (χ4v) is 2.05. The standard InChI is InChI=1S/C9H10BrFN2O5/c10-3-1-13(9(17)12-7(3)16)8-5(11)6(15)4(2-14)18-8/h1,4-6,8,14-15H,2H2,(H,12,16,17)/t4-,5-,6-,8-/m1/s1. The smallest absolute Gasteiger partial charge is 0.330 e. The summed E-state index contributed by atoms with van der Waals surface area (Å²) in [7, 11) is 0. The minimum atomic E-state index is -1.88. The Hall–Kier alpha value is -1.03. The third-order valence-electron chi connectivity index (χ3n) is 2.67. The molecule has 2 rings (SSSR count). The Morgan fingerprint density at radius 2 is 2.22 bits per heavy atom. The summed E-state index contributed by atoms with van der Waals surface area (Å²) in [6.45, 7) is -0.572. The Morgan fingerprint density at radius 1 is 1.56 bits per heavy atom. The molecular formula is C9H10BrFN2O5. The molecular weight excluding hydrogens is 315 g/mol. The number of halogens is 2. The number of aliphatic hydroxyl groups is 2. The fourth-order valence-electron chi connectivity index (χ4n) is 1.73. The summed E-state index contributed by atoms with van der Waals surface area (Å²) in [6.07, 6.45) is -4.83. The predicted molar refractivity (Wildman–Crippen MR) is 60.9 cm³/mol. The molecule has 0 spiro atoms. The van der Waals surface area contributed by atoms with Gasteiger partial charge in [0.2, 0.25) is 0 Å². The minimum Gasteiger partial charge on any atom is -0.394 e. The molecule has 1 aliphatic rings. The number of hydrogen-bond acceptors (Lipinski definition) is 5. The molecule has 18 heavy (non-hydrogen) atoms. The van der Waals surface area contributed by atoms with Crippen molar-refractivity contribution >= 4 is 15.9 Å². The summed E-state index contributed by atoms with van der Waals surface area (Å²) in [6, 6.07) is 0. The average molecular weight is 325 g/mol. The highest BCUT2D eigenvalue weighted by Crippen LogP contribution is 2.30. The maximum atomic E-state index is 13.8. The van der Waals surface area contributed by atoms with Crippen molar-refractivity contribution in [3.63, 3.8) is 0 Å². The second-order valence-corrected chi connectivity index (χ2v) is 4.68. The van der Waals surface area contributed by atoms with Gasteiger partial charge in [-0.3, -0.25) is 14.3 Å². The molecule has 0 radical (unpaired) electrons. The van der Waals surface area contributed by atoms with Gasteiger partial charge in [0.1, 0.15) is 12.2 Å². The van der Waals surface area contributed by atoms with E-state index in [-0.39, 0.29) is 4.47 Å². The van der Waals surface area contributed by atoms with E-state index in [9.17, 15) is 19.1 Å². The van der Waals surface area contributed by atoms with Gasteiger partial charge in [0.15, 0.2) is 12.4 Å². The van der Waals surface area contributed by atoms with Crippen molar-refractivity contribution in [1.82, 2.24) is 9.55 Å². The maximum absolute atomic E-state index is 13.8. The van der Waals surface area contributed by atoms with E-state index in [1.165, 1.54) is 0 Å². The van der Waals surface area contributed by atoms with E-state index in [0.29, 0.717) is 0 Å². The molecule has 0 aromatic carbocycles. The Kier molecular flexibility index (Phi) is 3.66. The first-order valence-corrected chi connectivity index (χ1v) is 5.84. The number of aliphatic hydroxyl groups excluding tert-OH is 2. The molecule has 1 aromatic rings. The van der Waals surface area contributed by atoms with Crippen molar-refractivity contribution in [1.29, 1.82) is 0 Å². The van der Waals surface area contributed by atoms with Crippen LogP contribution < -0.4 is 11.2 Å². The number of aromatic nitrogens is 2. The maximum Gasteiger partial charge on any atom is 0.330 e. The number of aromatic amines is 1. The van der Waals surface area contributed by atoms with E-state index in [1.54, 1.807) is 0 Å². The molecule has 1 aromatic heterocycles. The molecule has 1 saturated heterocycles. The second kappa shape index (κ2) is 4.92. The van der Waals surface area contributed by atoms with Crippen LogP contribution in [-0.4, -0.2) is 44.8 Å². The monoisotopic (exact) mass is 324 g/mol. The van der Waals surface area contributed by atoms with Gasteiger partial charge in [-0.2, -0.15) is 0 Å². The van der Waals surface area contributed by atoms with Crippen molar-refractivity contribution in [2.45, 2.75) is 24.6 Å². The molecule has 7 nitrogen and oxygen atoms in total. The van der Waals surface area contributed by atoms with E-state index in [2.05, 4.69) is 15.9 Å². The zero-order valence-corrected chi connectivity index (χ0v) is 10.5. The number of ether oxygens (including phenoxy) is 1. The molecule has 0 unspecified atom stereocenters. The van der Waals surface area contributed by atoms with E-state index in [1.807, 2.05) is 4.98 Å². The summed E-state index contributed by atoms with van der Waals surface area (Å²) >= 11 is 2.90. The lowest BCUT2D eigenvalue weighted by atomic mass is 10.1. The van der Waals surface area contributed by atoms with Crippen LogP contribution in [0.4, 0.5) is 4.39 Å². The van der Waals surface area contributed by atoms with Gasteiger partial charge < -0.3 is 14.9 Å². The first-order valence-electron chi connectivity index (χ1n) is 5.05. The number of nitrogens with zero attached hydrogens (tertiary/aromatic N) is 1. The van der Waals surface area contributed by atoms with E-state index >= 15 is 0 Å².